The van der Waals surface area contributed by atoms with Gasteiger partial charge >= 0.3 is 53.8 Å². The van der Waals surface area contributed by atoms with Crippen molar-refractivity contribution in [3.8, 4) is 0 Å². The lowest BCUT2D eigenvalue weighted by molar-refractivity contribution is -0.443. The van der Waals surface area contributed by atoms with Gasteiger partial charge in [-0.2, -0.15) is 66.6 Å². The zero-order chi connectivity index (χ0) is 25.1. The highest BCUT2D eigenvalue weighted by Crippen LogP contribution is 2.62. The summed E-state index contributed by atoms with van der Waals surface area (Å²) in [5.74, 6) is -59.7. The van der Waals surface area contributed by atoms with Gasteiger partial charge in [-0.15, -0.1) is 0 Å². The van der Waals surface area contributed by atoms with Gasteiger partial charge in [-0.05, 0) is 6.07 Å². The predicted octanol–water partition coefficient (Wildman–Crippen LogP) is 5.24. The molecule has 3 nitrogen and oxygen atoms in total. The second-order valence-electron chi connectivity index (χ2n) is 5.63. The van der Waals surface area contributed by atoms with E-state index < -0.39 is 58.5 Å². The first-order valence-electron chi connectivity index (χ1n) is 6.93. The molecule has 0 spiro atoms. The smallest absolute Gasteiger partial charge is 0.265 e. The highest BCUT2D eigenvalue weighted by atomic mass is 19.4. The number of nitrogens with zero attached hydrogens (tertiary/aromatic N) is 2. The topological polar surface area (TPSA) is 34.9 Å². The van der Waals surface area contributed by atoms with Crippen LogP contribution in [0.5, 0.6) is 0 Å². The van der Waals surface area contributed by atoms with Gasteiger partial charge in [0.05, 0.1) is 0 Å². The van der Waals surface area contributed by atoms with Crippen molar-refractivity contribution >= 4 is 5.91 Å². The van der Waals surface area contributed by atoms with Crippen LogP contribution in [0.15, 0.2) is 18.5 Å². The van der Waals surface area contributed by atoms with Gasteiger partial charge in [0.25, 0.3) is 0 Å². The summed E-state index contributed by atoms with van der Waals surface area (Å²) in [6.45, 7) is 0. The molecule has 0 N–H and O–H groups in total. The van der Waals surface area contributed by atoms with E-state index in [1.165, 1.54) is 0 Å². The SMILES string of the molecule is O=C(n1cccn1)C(F)(F)C(F)(F)C(F)(F)C(F)(F)C(F)(F)C(F)(F)C(F)(F)C(F)F. The number of carbonyl (C=O) groups is 1. The number of hydrogen-bond acceptors (Lipinski definition) is 2. The number of halogens is 16. The molecule has 0 aromatic carbocycles. The molecule has 0 unspecified atom stereocenters. The molecule has 0 fully saturated rings. The zero-order valence-corrected chi connectivity index (χ0v) is 13.7. The normalized spacial score (nSPS) is 15.5. The van der Waals surface area contributed by atoms with Crippen LogP contribution in [0.2, 0.25) is 0 Å². The lowest BCUT2D eigenvalue weighted by Gasteiger charge is -2.42. The molecule has 0 aliphatic rings. The monoisotopic (exact) mass is 496 g/mol. The van der Waals surface area contributed by atoms with Crippen molar-refractivity contribution in [3.05, 3.63) is 18.5 Å². The molecule has 0 bridgehead atoms. The minimum Gasteiger partial charge on any atom is -0.265 e. The Bertz CT molecular complexity index is 800. The molecule has 0 aliphatic heterocycles. The number of hydrogen-bond donors (Lipinski definition) is 0. The van der Waals surface area contributed by atoms with Crippen molar-refractivity contribution in [1.29, 1.82) is 0 Å². The number of alkyl halides is 16. The molecule has 0 saturated heterocycles. The molecule has 0 atom stereocenters. The molecular formula is C12H4F16N2O. The lowest BCUT2D eigenvalue weighted by atomic mass is 9.89. The maximum absolute atomic E-state index is 13.6. The molecule has 19 heteroatoms. The largest absolute Gasteiger partial charge is 0.395 e. The molecule has 0 aliphatic carbocycles. The van der Waals surface area contributed by atoms with Gasteiger partial charge < -0.3 is 0 Å². The molecule has 1 heterocycles. The van der Waals surface area contributed by atoms with Crippen LogP contribution >= 0.6 is 0 Å². The summed E-state index contributed by atoms with van der Waals surface area (Å²) in [6, 6.07) is 0.528. The van der Waals surface area contributed by atoms with Crippen molar-refractivity contribution in [2.45, 2.75) is 47.9 Å². The molecule has 1 rings (SSSR count). The van der Waals surface area contributed by atoms with E-state index in [0.717, 1.165) is 0 Å². The Morgan fingerprint density at radius 1 is 0.677 bits per heavy atom. The van der Waals surface area contributed by atoms with Gasteiger partial charge in [-0.3, -0.25) is 4.79 Å². The lowest BCUT2D eigenvalue weighted by Crippen LogP contribution is -2.74. The Kier molecular flexibility index (Phi) is 6.17. The van der Waals surface area contributed by atoms with Gasteiger partial charge in [0.2, 0.25) is 0 Å². The minimum atomic E-state index is -8.54. The summed E-state index contributed by atoms with van der Waals surface area (Å²) < 4.78 is 209. The van der Waals surface area contributed by atoms with Gasteiger partial charge in [0.1, 0.15) is 0 Å². The van der Waals surface area contributed by atoms with E-state index in [1.54, 1.807) is 0 Å². The third-order valence-corrected chi connectivity index (χ3v) is 3.65. The van der Waals surface area contributed by atoms with E-state index in [2.05, 4.69) is 5.10 Å². The maximum atomic E-state index is 13.6. The van der Waals surface area contributed by atoms with Crippen molar-refractivity contribution in [1.82, 2.24) is 9.78 Å². The summed E-state index contributed by atoms with van der Waals surface area (Å²) in [5, 5.41) is 2.55. The van der Waals surface area contributed by atoms with Crippen LogP contribution in [0.25, 0.3) is 0 Å². The van der Waals surface area contributed by atoms with Gasteiger partial charge in [0, 0.05) is 12.4 Å². The fourth-order valence-electron chi connectivity index (χ4n) is 1.80. The highest BCUT2D eigenvalue weighted by molar-refractivity contribution is 5.86. The quantitative estimate of drug-likeness (QED) is 0.462. The highest BCUT2D eigenvalue weighted by Gasteiger charge is 2.94. The van der Waals surface area contributed by atoms with E-state index in [1.807, 2.05) is 0 Å². The average molecular weight is 496 g/mol. The van der Waals surface area contributed by atoms with Gasteiger partial charge in [-0.1, -0.05) is 0 Å². The minimum absolute atomic E-state index is 0.0640. The molecular weight excluding hydrogens is 492 g/mol. The molecule has 180 valence electrons. The van der Waals surface area contributed by atoms with Crippen LogP contribution in [0.3, 0.4) is 0 Å². The average Bonchev–Trinajstić information content (AvgIpc) is 3.14. The Hall–Kier alpha value is -2.24. The van der Waals surface area contributed by atoms with Crippen LogP contribution in [0, 0.1) is 0 Å². The number of carbonyl (C=O) groups excluding carboxylic acids is 1. The van der Waals surface area contributed by atoms with Gasteiger partial charge in [0.15, 0.2) is 0 Å². The third kappa shape index (κ3) is 3.30. The van der Waals surface area contributed by atoms with Crippen molar-refractivity contribution in [3.63, 3.8) is 0 Å². The van der Waals surface area contributed by atoms with E-state index in [9.17, 15) is 75.0 Å². The number of rotatable bonds is 8. The van der Waals surface area contributed by atoms with Crippen molar-refractivity contribution in [2.75, 3.05) is 0 Å². The molecule has 0 amide bonds. The van der Waals surface area contributed by atoms with Crippen LogP contribution in [0.1, 0.15) is 4.79 Å². The van der Waals surface area contributed by atoms with Crippen molar-refractivity contribution in [2.24, 2.45) is 0 Å². The van der Waals surface area contributed by atoms with Crippen LogP contribution in [0.4, 0.5) is 70.2 Å². The van der Waals surface area contributed by atoms with Crippen molar-refractivity contribution < 1.29 is 75.0 Å². The first kappa shape index (κ1) is 26.8. The molecule has 1 aromatic rings. The Labute approximate surface area is 158 Å². The summed E-state index contributed by atoms with van der Waals surface area (Å²) in [4.78, 5) is 11.2. The van der Waals surface area contributed by atoms with Crippen LogP contribution < -0.4 is 0 Å². The summed E-state index contributed by atoms with van der Waals surface area (Å²) in [7, 11) is 0. The Morgan fingerprint density at radius 3 is 1.42 bits per heavy atom. The summed E-state index contributed by atoms with van der Waals surface area (Å²) in [6.07, 6.45) is -5.46. The summed E-state index contributed by atoms with van der Waals surface area (Å²) in [5.41, 5.74) is 0. The molecule has 31 heavy (non-hydrogen) atoms. The van der Waals surface area contributed by atoms with E-state index in [4.69, 9.17) is 0 Å². The fraction of sp³-hybridized carbons (Fsp3) is 0.667. The zero-order valence-electron chi connectivity index (χ0n) is 13.7. The van der Waals surface area contributed by atoms with Crippen LogP contribution in [-0.2, 0) is 0 Å². The first-order valence-corrected chi connectivity index (χ1v) is 6.93. The maximum Gasteiger partial charge on any atom is 0.395 e. The molecule has 0 radical (unpaired) electrons. The Morgan fingerprint density at radius 2 is 1.06 bits per heavy atom. The van der Waals surface area contributed by atoms with E-state index in [0.29, 0.717) is 12.3 Å². The standard InChI is InChI=1S/C12H4F16N2O/c13-4(14)6(15,16)8(19,20)10(23,24)12(27,28)11(25,26)9(21,22)7(17,18)5(31)30-3-1-2-29-30/h1-4H. The second kappa shape index (κ2) is 7.14. The van der Waals surface area contributed by atoms with E-state index >= 15 is 0 Å². The molecule has 0 saturated carbocycles. The van der Waals surface area contributed by atoms with Gasteiger partial charge in [-0.25, -0.2) is 13.5 Å². The third-order valence-electron chi connectivity index (χ3n) is 3.65. The Balaban J connectivity index is 3.63. The van der Waals surface area contributed by atoms with E-state index in [-0.39, 0.29) is 6.20 Å². The fourth-order valence-corrected chi connectivity index (χ4v) is 1.80. The summed E-state index contributed by atoms with van der Waals surface area (Å²) >= 11 is 0. The molecule has 1 aromatic heterocycles. The van der Waals surface area contributed by atoms with Crippen LogP contribution in [-0.4, -0.2) is 63.6 Å². The second-order valence-corrected chi connectivity index (χ2v) is 5.63. The number of aromatic nitrogens is 2. The first-order chi connectivity index (χ1) is 13.5. The predicted molar refractivity (Wildman–Crippen MR) is 63.5 cm³/mol.